The summed E-state index contributed by atoms with van der Waals surface area (Å²) in [6, 6.07) is 2.60. The highest BCUT2D eigenvalue weighted by Gasteiger charge is 2.18. The lowest BCUT2D eigenvalue weighted by Gasteiger charge is -2.32. The minimum Gasteiger partial charge on any atom is -0.314 e. The highest BCUT2D eigenvalue weighted by molar-refractivity contribution is 4.79. The molecule has 0 aliphatic carbocycles. The molecular weight excluding hydrogens is 224 g/mol. The quantitative estimate of drug-likeness (QED) is 0.832. The Kier molecular flexibility index (Phi) is 5.20. The first-order chi connectivity index (χ1) is 8.74. The van der Waals surface area contributed by atoms with E-state index in [1.54, 1.807) is 0 Å². The average molecular weight is 250 g/mol. The van der Waals surface area contributed by atoms with Crippen LogP contribution in [0.2, 0.25) is 0 Å². The molecule has 0 atom stereocenters. The van der Waals surface area contributed by atoms with Crippen LogP contribution < -0.4 is 5.32 Å². The lowest BCUT2D eigenvalue weighted by molar-refractivity contribution is 0.174. The van der Waals surface area contributed by atoms with Crippen molar-refractivity contribution in [2.75, 3.05) is 26.2 Å². The molecule has 1 aromatic rings. The predicted molar refractivity (Wildman–Crippen MR) is 74.5 cm³/mol. The summed E-state index contributed by atoms with van der Waals surface area (Å²) < 4.78 is 2.02. The Morgan fingerprint density at radius 2 is 2.06 bits per heavy atom. The van der Waals surface area contributed by atoms with E-state index in [-0.39, 0.29) is 0 Å². The van der Waals surface area contributed by atoms with E-state index in [2.05, 4.69) is 29.2 Å². The van der Waals surface area contributed by atoms with Crippen LogP contribution in [0.4, 0.5) is 0 Å². The van der Waals surface area contributed by atoms with E-state index in [0.29, 0.717) is 6.04 Å². The molecule has 1 aliphatic heterocycles. The normalized spacial score (nSPS) is 18.6. The van der Waals surface area contributed by atoms with Crippen molar-refractivity contribution in [1.29, 1.82) is 0 Å². The molecule has 0 amide bonds. The molecule has 0 aromatic carbocycles. The van der Waals surface area contributed by atoms with Crippen LogP contribution in [-0.2, 0) is 6.54 Å². The second-order valence-corrected chi connectivity index (χ2v) is 5.62. The molecule has 0 spiro atoms. The fourth-order valence-corrected chi connectivity index (χ4v) is 2.49. The molecule has 0 saturated carbocycles. The molecule has 0 radical (unpaired) electrons. The van der Waals surface area contributed by atoms with E-state index in [1.807, 2.05) is 23.1 Å². The second kappa shape index (κ2) is 6.90. The van der Waals surface area contributed by atoms with Crippen molar-refractivity contribution >= 4 is 0 Å². The van der Waals surface area contributed by atoms with Gasteiger partial charge in [0.05, 0.1) is 6.54 Å². The summed E-state index contributed by atoms with van der Waals surface area (Å²) in [5.41, 5.74) is 0. The lowest BCUT2D eigenvalue weighted by Crippen LogP contribution is -2.39. The monoisotopic (exact) mass is 250 g/mol. The van der Waals surface area contributed by atoms with Crippen LogP contribution in [0, 0.1) is 5.92 Å². The van der Waals surface area contributed by atoms with E-state index in [9.17, 15) is 0 Å². The van der Waals surface area contributed by atoms with Crippen molar-refractivity contribution in [2.45, 2.75) is 39.3 Å². The summed E-state index contributed by atoms with van der Waals surface area (Å²) in [7, 11) is 0. The molecular formula is C14H26N4. The van der Waals surface area contributed by atoms with Crippen LogP contribution in [-0.4, -0.2) is 46.9 Å². The van der Waals surface area contributed by atoms with Gasteiger partial charge in [0.25, 0.3) is 0 Å². The number of likely N-dealkylation sites (tertiary alicyclic amines) is 1. The van der Waals surface area contributed by atoms with Crippen LogP contribution in [0.1, 0.15) is 26.7 Å². The maximum atomic E-state index is 4.24. The van der Waals surface area contributed by atoms with E-state index in [0.717, 1.165) is 19.0 Å². The minimum atomic E-state index is 0.614. The zero-order valence-corrected chi connectivity index (χ0v) is 11.7. The Balaban J connectivity index is 1.61. The van der Waals surface area contributed by atoms with Gasteiger partial charge in [0, 0.05) is 25.0 Å². The van der Waals surface area contributed by atoms with Crippen LogP contribution in [0.25, 0.3) is 0 Å². The van der Waals surface area contributed by atoms with Crippen LogP contribution >= 0.6 is 0 Å². The van der Waals surface area contributed by atoms with Crippen molar-refractivity contribution in [3.05, 3.63) is 18.5 Å². The minimum absolute atomic E-state index is 0.614. The Labute approximate surface area is 110 Å². The Bertz CT molecular complexity index is 313. The molecule has 1 N–H and O–H groups in total. The standard InChI is InChI=1S/C14H26N4/c1-13(2)15-12-14-4-8-17(9-5-14)10-11-18-7-3-6-16-18/h3,6-7,13-15H,4-5,8-12H2,1-2H3. The summed E-state index contributed by atoms with van der Waals surface area (Å²) in [5, 5.41) is 7.80. The molecule has 1 saturated heterocycles. The van der Waals surface area contributed by atoms with Crippen LogP contribution in [0.15, 0.2) is 18.5 Å². The van der Waals surface area contributed by atoms with Gasteiger partial charge in [-0.15, -0.1) is 0 Å². The molecule has 102 valence electrons. The van der Waals surface area contributed by atoms with Gasteiger partial charge >= 0.3 is 0 Å². The third kappa shape index (κ3) is 4.42. The molecule has 4 nitrogen and oxygen atoms in total. The second-order valence-electron chi connectivity index (χ2n) is 5.62. The number of piperidine rings is 1. The predicted octanol–water partition coefficient (Wildman–Crippen LogP) is 1.59. The van der Waals surface area contributed by atoms with Crippen molar-refractivity contribution in [3.8, 4) is 0 Å². The van der Waals surface area contributed by atoms with Gasteiger partial charge in [0.1, 0.15) is 0 Å². The van der Waals surface area contributed by atoms with Gasteiger partial charge in [-0.1, -0.05) is 13.8 Å². The highest BCUT2D eigenvalue weighted by atomic mass is 15.3. The SMILES string of the molecule is CC(C)NCC1CCN(CCn2cccn2)CC1. The molecule has 18 heavy (non-hydrogen) atoms. The lowest BCUT2D eigenvalue weighted by atomic mass is 9.96. The average Bonchev–Trinajstić information content (AvgIpc) is 2.88. The highest BCUT2D eigenvalue weighted by Crippen LogP contribution is 2.16. The van der Waals surface area contributed by atoms with Gasteiger partial charge in [-0.05, 0) is 44.5 Å². The largest absolute Gasteiger partial charge is 0.314 e. The molecule has 1 fully saturated rings. The van der Waals surface area contributed by atoms with E-state index in [4.69, 9.17) is 0 Å². The number of rotatable bonds is 6. The number of hydrogen-bond acceptors (Lipinski definition) is 3. The Hall–Kier alpha value is -0.870. The van der Waals surface area contributed by atoms with Gasteiger partial charge in [0.15, 0.2) is 0 Å². The number of aromatic nitrogens is 2. The third-order valence-corrected chi connectivity index (χ3v) is 3.73. The number of nitrogens with one attached hydrogen (secondary N) is 1. The van der Waals surface area contributed by atoms with Crippen molar-refractivity contribution in [1.82, 2.24) is 20.0 Å². The Morgan fingerprint density at radius 3 is 2.67 bits per heavy atom. The fraction of sp³-hybridized carbons (Fsp3) is 0.786. The van der Waals surface area contributed by atoms with Gasteiger partial charge in [0.2, 0.25) is 0 Å². The molecule has 2 heterocycles. The van der Waals surface area contributed by atoms with Crippen molar-refractivity contribution < 1.29 is 0 Å². The molecule has 0 unspecified atom stereocenters. The summed E-state index contributed by atoms with van der Waals surface area (Å²) >= 11 is 0. The molecule has 0 bridgehead atoms. The third-order valence-electron chi connectivity index (χ3n) is 3.73. The van der Waals surface area contributed by atoms with E-state index in [1.165, 1.54) is 32.5 Å². The summed E-state index contributed by atoms with van der Waals surface area (Å²) in [5.74, 6) is 0.869. The van der Waals surface area contributed by atoms with Crippen LogP contribution in [0.5, 0.6) is 0 Å². The summed E-state index contributed by atoms with van der Waals surface area (Å²) in [4.78, 5) is 2.56. The van der Waals surface area contributed by atoms with Crippen molar-refractivity contribution in [3.63, 3.8) is 0 Å². The van der Waals surface area contributed by atoms with Crippen molar-refractivity contribution in [2.24, 2.45) is 5.92 Å². The topological polar surface area (TPSA) is 33.1 Å². The van der Waals surface area contributed by atoms with Gasteiger partial charge in [-0.25, -0.2) is 0 Å². The van der Waals surface area contributed by atoms with Gasteiger partial charge in [-0.2, -0.15) is 5.10 Å². The van der Waals surface area contributed by atoms with Gasteiger partial charge in [-0.3, -0.25) is 4.68 Å². The zero-order chi connectivity index (χ0) is 12.8. The molecule has 1 aromatic heterocycles. The summed E-state index contributed by atoms with van der Waals surface area (Å²) in [6.45, 7) is 10.3. The number of nitrogens with zero attached hydrogens (tertiary/aromatic N) is 3. The maximum absolute atomic E-state index is 4.24. The maximum Gasteiger partial charge on any atom is 0.0536 e. The molecule has 1 aliphatic rings. The first kappa shape index (κ1) is 13.6. The first-order valence-electron chi connectivity index (χ1n) is 7.17. The Morgan fingerprint density at radius 1 is 1.28 bits per heavy atom. The zero-order valence-electron chi connectivity index (χ0n) is 11.7. The molecule has 4 heteroatoms. The smallest absolute Gasteiger partial charge is 0.0536 e. The number of hydrogen-bond donors (Lipinski definition) is 1. The fourth-order valence-electron chi connectivity index (χ4n) is 2.49. The first-order valence-corrected chi connectivity index (χ1v) is 7.17. The molecule has 2 rings (SSSR count). The summed E-state index contributed by atoms with van der Waals surface area (Å²) in [6.07, 6.45) is 6.56. The van der Waals surface area contributed by atoms with Crippen LogP contribution in [0.3, 0.4) is 0 Å². The van der Waals surface area contributed by atoms with E-state index >= 15 is 0 Å². The van der Waals surface area contributed by atoms with Gasteiger partial charge < -0.3 is 10.2 Å². The van der Waals surface area contributed by atoms with E-state index < -0.39 is 0 Å².